The molecular weight excluding hydrogens is 720 g/mol. The van der Waals surface area contributed by atoms with Crippen LogP contribution in [0.25, 0.3) is 0 Å². The van der Waals surface area contributed by atoms with Gasteiger partial charge in [-0.1, -0.05) is 78.3 Å². The molecule has 7 N–H and O–H groups in total. The highest BCUT2D eigenvalue weighted by Crippen LogP contribution is 2.23. The van der Waals surface area contributed by atoms with E-state index in [-0.39, 0.29) is 44.2 Å². The van der Waals surface area contributed by atoms with Gasteiger partial charge in [0.25, 0.3) is 0 Å². The van der Waals surface area contributed by atoms with Crippen molar-refractivity contribution in [3.63, 3.8) is 0 Å². The number of nitrogens with one attached hydrogen (secondary N) is 5. The maximum atomic E-state index is 14.3. The van der Waals surface area contributed by atoms with Crippen molar-refractivity contribution < 1.29 is 38.4 Å². The van der Waals surface area contributed by atoms with Crippen molar-refractivity contribution in [1.82, 2.24) is 36.4 Å². The van der Waals surface area contributed by atoms with Crippen LogP contribution < -0.4 is 32.3 Å². The number of hydrogen-bond acceptors (Lipinski definition) is 8. The molecule has 8 amide bonds. The van der Waals surface area contributed by atoms with Crippen LogP contribution in [0.2, 0.25) is 0 Å². The Balaban J connectivity index is 1.79. The van der Waals surface area contributed by atoms with E-state index in [1.165, 1.54) is 9.80 Å². The maximum absolute atomic E-state index is 14.3. The van der Waals surface area contributed by atoms with E-state index in [9.17, 15) is 38.4 Å². The zero-order valence-electron chi connectivity index (χ0n) is 33.5. The minimum atomic E-state index is -1.45. The highest BCUT2D eigenvalue weighted by atomic mass is 16.2. The number of hydrogen-bond donors (Lipinski definition) is 6. The molecule has 0 bridgehead atoms. The number of nitrogens with zero attached hydrogens (tertiary/aromatic N) is 2. The fourth-order valence-electron chi connectivity index (χ4n) is 7.69. The summed E-state index contributed by atoms with van der Waals surface area (Å²) in [5.74, 6) is -6.07. The van der Waals surface area contributed by atoms with Gasteiger partial charge < -0.3 is 42.1 Å². The van der Waals surface area contributed by atoms with E-state index in [0.717, 1.165) is 5.56 Å². The molecule has 16 nitrogen and oxygen atoms in total. The summed E-state index contributed by atoms with van der Waals surface area (Å²) in [5.41, 5.74) is 6.27. The Morgan fingerprint density at radius 2 is 1.18 bits per heavy atom. The minimum Gasteiger partial charge on any atom is -0.370 e. The van der Waals surface area contributed by atoms with Crippen molar-refractivity contribution in [3.05, 3.63) is 35.9 Å². The Labute approximate surface area is 329 Å². The zero-order valence-corrected chi connectivity index (χ0v) is 33.5. The summed E-state index contributed by atoms with van der Waals surface area (Å²) in [6.45, 7) is 11.3. The molecule has 8 atom stereocenters. The third-order valence-electron chi connectivity index (χ3n) is 11.0. The quantitative estimate of drug-likeness (QED) is 0.203. The lowest BCUT2D eigenvalue weighted by molar-refractivity contribution is -0.144. The van der Waals surface area contributed by atoms with Crippen LogP contribution in [0.3, 0.4) is 0 Å². The largest absolute Gasteiger partial charge is 0.370 e. The summed E-state index contributed by atoms with van der Waals surface area (Å²) in [6.07, 6.45) is 1.78. The Kier molecular flexibility index (Phi) is 15.4. The van der Waals surface area contributed by atoms with Crippen molar-refractivity contribution in [1.29, 1.82) is 0 Å². The Morgan fingerprint density at radius 3 is 1.71 bits per heavy atom. The Hall–Kier alpha value is -5.02. The fraction of sp³-hybridized carbons (Fsp3) is 0.650. The number of benzene rings is 1. The molecule has 56 heavy (non-hydrogen) atoms. The molecule has 0 aromatic heterocycles. The normalized spacial score (nSPS) is 28.1. The van der Waals surface area contributed by atoms with E-state index in [2.05, 4.69) is 26.6 Å². The van der Waals surface area contributed by atoms with E-state index in [1.807, 2.05) is 33.8 Å². The molecule has 0 unspecified atom stereocenters. The van der Waals surface area contributed by atoms with Gasteiger partial charge in [-0.25, -0.2) is 0 Å². The van der Waals surface area contributed by atoms with Gasteiger partial charge in [0.05, 0.1) is 6.42 Å². The third-order valence-corrected chi connectivity index (χ3v) is 11.0. The van der Waals surface area contributed by atoms with Crippen LogP contribution in [-0.4, -0.2) is 112 Å². The minimum absolute atomic E-state index is 0.0315. The molecule has 3 aliphatic heterocycles. The maximum Gasteiger partial charge on any atom is 0.246 e. The van der Waals surface area contributed by atoms with E-state index in [1.54, 1.807) is 38.1 Å². The molecule has 0 spiro atoms. The van der Waals surface area contributed by atoms with Crippen LogP contribution in [0.15, 0.2) is 30.3 Å². The molecule has 16 heteroatoms. The lowest BCUT2D eigenvalue weighted by atomic mass is 9.95. The second-order valence-corrected chi connectivity index (χ2v) is 16.2. The number of nitrogens with two attached hydrogens (primary N) is 1. The van der Waals surface area contributed by atoms with E-state index in [0.29, 0.717) is 25.7 Å². The molecule has 1 aromatic rings. The second-order valence-electron chi connectivity index (χ2n) is 16.2. The molecular formula is C40H60N8O8. The van der Waals surface area contributed by atoms with Gasteiger partial charge in [-0.3, -0.25) is 38.4 Å². The molecule has 3 aliphatic rings. The molecule has 3 heterocycles. The van der Waals surface area contributed by atoms with Crippen molar-refractivity contribution in [2.75, 3.05) is 13.1 Å². The topological polar surface area (TPSA) is 229 Å². The highest BCUT2D eigenvalue weighted by Gasteiger charge is 2.43. The summed E-state index contributed by atoms with van der Waals surface area (Å²) in [4.78, 5) is 113. The first kappa shape index (κ1) is 43.7. The first-order valence-electron chi connectivity index (χ1n) is 20.0. The van der Waals surface area contributed by atoms with Gasteiger partial charge in [0.1, 0.15) is 42.3 Å². The van der Waals surface area contributed by atoms with Crippen LogP contribution >= 0.6 is 0 Å². The number of amides is 8. The number of carbonyl (C=O) groups excluding carboxylic acids is 8. The van der Waals surface area contributed by atoms with Crippen molar-refractivity contribution >= 4 is 47.3 Å². The molecule has 0 radical (unpaired) electrons. The predicted octanol–water partition coefficient (Wildman–Crippen LogP) is 0.272. The lowest BCUT2D eigenvalue weighted by Gasteiger charge is -2.32. The average Bonchev–Trinajstić information content (AvgIpc) is 3.85. The predicted molar refractivity (Wildman–Crippen MR) is 207 cm³/mol. The Morgan fingerprint density at radius 1 is 0.679 bits per heavy atom. The van der Waals surface area contributed by atoms with E-state index < -0.39 is 102 Å². The van der Waals surface area contributed by atoms with Gasteiger partial charge >= 0.3 is 0 Å². The van der Waals surface area contributed by atoms with Crippen LogP contribution in [0.4, 0.5) is 0 Å². The summed E-state index contributed by atoms with van der Waals surface area (Å²) >= 11 is 0. The molecule has 4 rings (SSSR count). The zero-order chi connectivity index (χ0) is 41.3. The molecule has 3 saturated heterocycles. The average molecular weight is 781 g/mol. The smallest absolute Gasteiger partial charge is 0.246 e. The van der Waals surface area contributed by atoms with Crippen LogP contribution in [0.1, 0.15) is 92.1 Å². The molecule has 0 saturated carbocycles. The SMILES string of the molecule is CC[C@@H](C)[C@@H]1NC(=O)[C@H](Cc2ccccc2)NC(=O)[C@@H]2CCCN2C(=O)[C@H](CC(N)=O)NC(=O)[C@H](C(C)C)NC(=O)[C@@H]2CCCN2C(=O)[C@H](CC(C)C)NC1=O. The number of rotatable bonds is 9. The monoisotopic (exact) mass is 780 g/mol. The van der Waals surface area contributed by atoms with Crippen molar-refractivity contribution in [3.8, 4) is 0 Å². The van der Waals surface area contributed by atoms with Gasteiger partial charge in [0.2, 0.25) is 47.3 Å². The summed E-state index contributed by atoms with van der Waals surface area (Å²) in [5, 5.41) is 14.0. The van der Waals surface area contributed by atoms with Gasteiger partial charge in [-0.05, 0) is 55.4 Å². The van der Waals surface area contributed by atoms with Gasteiger partial charge in [0, 0.05) is 19.5 Å². The fourth-order valence-corrected chi connectivity index (χ4v) is 7.69. The van der Waals surface area contributed by atoms with Gasteiger partial charge in [0.15, 0.2) is 0 Å². The van der Waals surface area contributed by atoms with Crippen LogP contribution in [-0.2, 0) is 44.8 Å². The summed E-state index contributed by atoms with van der Waals surface area (Å²) < 4.78 is 0. The van der Waals surface area contributed by atoms with Crippen LogP contribution in [0, 0.1) is 17.8 Å². The highest BCUT2D eigenvalue weighted by molar-refractivity contribution is 6.00. The van der Waals surface area contributed by atoms with Crippen molar-refractivity contribution in [2.45, 2.75) is 135 Å². The van der Waals surface area contributed by atoms with E-state index >= 15 is 0 Å². The Bertz CT molecular complexity index is 1620. The number of primary amides is 1. The van der Waals surface area contributed by atoms with Gasteiger partial charge in [-0.15, -0.1) is 0 Å². The molecule has 0 aliphatic carbocycles. The summed E-state index contributed by atoms with van der Waals surface area (Å²) in [6, 6.07) is 1.17. The van der Waals surface area contributed by atoms with Crippen molar-refractivity contribution in [2.24, 2.45) is 23.5 Å². The third kappa shape index (κ3) is 11.1. The first-order valence-corrected chi connectivity index (χ1v) is 20.0. The number of fused-ring (bicyclic) bond motifs is 2. The second kappa shape index (κ2) is 19.7. The van der Waals surface area contributed by atoms with Crippen LogP contribution in [0.5, 0.6) is 0 Å². The summed E-state index contributed by atoms with van der Waals surface area (Å²) in [7, 11) is 0. The number of carbonyl (C=O) groups is 8. The van der Waals surface area contributed by atoms with E-state index in [4.69, 9.17) is 5.73 Å². The standard InChI is InChI=1S/C40H60N8O8/c1-7-24(6)33-38(54)43-27(19-22(2)3)39(55)48-18-12-16-30(48)36(52)45-32(23(4)5)37(53)44-28(21-31(41)49)40(56)47-17-11-15-29(47)35(51)42-26(34(50)46-33)20-25-13-9-8-10-14-25/h8-10,13-14,22-24,26-30,32-33H,7,11-12,15-21H2,1-6H3,(H2,41,49)(H,42,51)(H,43,54)(H,44,53)(H,45,52)(H,46,50)/t24-,26+,27+,28+,29+,30+,32+,33+/m1/s1. The first-order chi connectivity index (χ1) is 26.5. The molecule has 3 fully saturated rings. The molecule has 1 aromatic carbocycles. The van der Waals surface area contributed by atoms with Gasteiger partial charge in [-0.2, -0.15) is 0 Å². The molecule has 308 valence electrons. The lowest BCUT2D eigenvalue weighted by Crippen LogP contribution is -2.61.